The fourth-order valence-corrected chi connectivity index (χ4v) is 1.68. The van der Waals surface area contributed by atoms with E-state index < -0.39 is 12.1 Å². The maximum Gasteiger partial charge on any atom is 0.358 e. The first kappa shape index (κ1) is 14.6. The highest BCUT2D eigenvalue weighted by Crippen LogP contribution is 2.12. The lowest BCUT2D eigenvalue weighted by Gasteiger charge is -2.12. The van der Waals surface area contributed by atoms with Gasteiger partial charge in [-0.1, -0.05) is 19.1 Å². The van der Waals surface area contributed by atoms with Crippen molar-refractivity contribution in [1.82, 2.24) is 15.0 Å². The second kappa shape index (κ2) is 6.46. The predicted octanol–water partition coefficient (Wildman–Crippen LogP) is 0.182. The number of aliphatic hydroxyl groups excluding tert-OH is 1. The van der Waals surface area contributed by atoms with Crippen molar-refractivity contribution in [2.75, 3.05) is 13.7 Å². The zero-order valence-electron chi connectivity index (χ0n) is 10.8. The SMILES string of the molecule is COCC(O)Cn1nnc(C(=O)O)c1CC(C)C. The van der Waals surface area contributed by atoms with Gasteiger partial charge in [0.05, 0.1) is 24.9 Å². The van der Waals surface area contributed by atoms with E-state index in [4.69, 9.17) is 9.84 Å². The van der Waals surface area contributed by atoms with E-state index in [0.717, 1.165) is 0 Å². The van der Waals surface area contributed by atoms with Gasteiger partial charge in [0.2, 0.25) is 0 Å². The average molecular weight is 257 g/mol. The molecule has 0 aliphatic carbocycles. The molecule has 0 amide bonds. The van der Waals surface area contributed by atoms with Gasteiger partial charge >= 0.3 is 5.97 Å². The molecule has 0 spiro atoms. The minimum atomic E-state index is -1.10. The highest BCUT2D eigenvalue weighted by Gasteiger charge is 2.21. The molecule has 0 aliphatic rings. The lowest BCUT2D eigenvalue weighted by atomic mass is 10.1. The van der Waals surface area contributed by atoms with Crippen LogP contribution in [0.1, 0.15) is 30.0 Å². The molecule has 0 saturated heterocycles. The Hall–Kier alpha value is -1.47. The number of carbonyl (C=O) groups is 1. The quantitative estimate of drug-likeness (QED) is 0.723. The van der Waals surface area contributed by atoms with E-state index in [0.29, 0.717) is 12.1 Å². The molecule has 0 aliphatic heterocycles. The van der Waals surface area contributed by atoms with Gasteiger partial charge < -0.3 is 14.9 Å². The molecule has 0 bridgehead atoms. The van der Waals surface area contributed by atoms with Crippen LogP contribution < -0.4 is 0 Å². The summed E-state index contributed by atoms with van der Waals surface area (Å²) in [5.41, 5.74) is 0.487. The largest absolute Gasteiger partial charge is 0.476 e. The Balaban J connectivity index is 2.93. The van der Waals surface area contributed by atoms with E-state index in [-0.39, 0.29) is 24.8 Å². The van der Waals surface area contributed by atoms with E-state index in [1.54, 1.807) is 0 Å². The second-order valence-electron chi connectivity index (χ2n) is 4.58. The Kier molecular flexibility index (Phi) is 5.24. The van der Waals surface area contributed by atoms with Crippen molar-refractivity contribution in [2.24, 2.45) is 5.92 Å². The number of hydrogen-bond acceptors (Lipinski definition) is 5. The van der Waals surface area contributed by atoms with Gasteiger partial charge in [0.15, 0.2) is 5.69 Å². The molecule has 1 aromatic heterocycles. The van der Waals surface area contributed by atoms with Crippen LogP contribution in [0.3, 0.4) is 0 Å². The first-order valence-corrected chi connectivity index (χ1v) is 5.78. The third-order valence-electron chi connectivity index (χ3n) is 2.38. The molecular weight excluding hydrogens is 238 g/mol. The minimum Gasteiger partial charge on any atom is -0.476 e. The Labute approximate surface area is 105 Å². The third-order valence-corrected chi connectivity index (χ3v) is 2.38. The van der Waals surface area contributed by atoms with Crippen molar-refractivity contribution in [3.8, 4) is 0 Å². The highest BCUT2D eigenvalue weighted by atomic mass is 16.5. The highest BCUT2D eigenvalue weighted by molar-refractivity contribution is 5.86. The number of aromatic nitrogens is 3. The first-order chi connectivity index (χ1) is 8.45. The normalized spacial score (nSPS) is 12.9. The van der Waals surface area contributed by atoms with Crippen molar-refractivity contribution in [3.63, 3.8) is 0 Å². The number of carboxylic acids is 1. The molecule has 7 heteroatoms. The summed E-state index contributed by atoms with van der Waals surface area (Å²) in [6, 6.07) is 0. The van der Waals surface area contributed by atoms with Crippen molar-refractivity contribution >= 4 is 5.97 Å². The van der Waals surface area contributed by atoms with Crippen LogP contribution in [0.4, 0.5) is 0 Å². The van der Waals surface area contributed by atoms with Gasteiger partial charge in [0, 0.05) is 7.11 Å². The number of aromatic carboxylic acids is 1. The van der Waals surface area contributed by atoms with Gasteiger partial charge in [0.25, 0.3) is 0 Å². The molecule has 7 nitrogen and oxygen atoms in total. The lowest BCUT2D eigenvalue weighted by Crippen LogP contribution is -2.24. The Morgan fingerprint density at radius 1 is 1.50 bits per heavy atom. The molecule has 1 rings (SSSR count). The van der Waals surface area contributed by atoms with Crippen molar-refractivity contribution < 1.29 is 19.7 Å². The summed E-state index contributed by atoms with van der Waals surface area (Å²) in [5.74, 6) is -0.821. The number of methoxy groups -OCH3 is 1. The minimum absolute atomic E-state index is 0.0479. The van der Waals surface area contributed by atoms with Crippen molar-refractivity contribution in [1.29, 1.82) is 0 Å². The average Bonchev–Trinajstić information content (AvgIpc) is 2.61. The molecule has 0 fully saturated rings. The van der Waals surface area contributed by atoms with E-state index in [1.165, 1.54) is 11.8 Å². The van der Waals surface area contributed by atoms with Crippen LogP contribution in [0, 0.1) is 5.92 Å². The van der Waals surface area contributed by atoms with Crippen molar-refractivity contribution in [2.45, 2.75) is 32.9 Å². The summed E-state index contributed by atoms with van der Waals surface area (Å²) < 4.78 is 6.26. The van der Waals surface area contributed by atoms with Gasteiger partial charge in [-0.15, -0.1) is 5.10 Å². The summed E-state index contributed by atoms with van der Waals surface area (Å²) in [6.07, 6.45) is -0.182. The van der Waals surface area contributed by atoms with Crippen LogP contribution in [0.2, 0.25) is 0 Å². The van der Waals surface area contributed by atoms with Gasteiger partial charge in [-0.3, -0.25) is 0 Å². The number of hydrogen-bond donors (Lipinski definition) is 2. The van der Waals surface area contributed by atoms with Crippen LogP contribution in [0.25, 0.3) is 0 Å². The zero-order valence-corrected chi connectivity index (χ0v) is 10.8. The topological polar surface area (TPSA) is 97.5 Å². The van der Waals surface area contributed by atoms with Crippen LogP contribution in [-0.2, 0) is 17.7 Å². The molecule has 1 aromatic rings. The Morgan fingerprint density at radius 3 is 2.67 bits per heavy atom. The number of rotatable bonds is 7. The van der Waals surface area contributed by atoms with Gasteiger partial charge in [-0.2, -0.15) is 0 Å². The number of nitrogens with zero attached hydrogens (tertiary/aromatic N) is 3. The fourth-order valence-electron chi connectivity index (χ4n) is 1.68. The molecule has 2 N–H and O–H groups in total. The Bertz CT molecular complexity index is 403. The van der Waals surface area contributed by atoms with Gasteiger partial charge in [0.1, 0.15) is 0 Å². The number of aliphatic hydroxyl groups is 1. The monoisotopic (exact) mass is 257 g/mol. The lowest BCUT2D eigenvalue weighted by molar-refractivity contribution is 0.0503. The van der Waals surface area contributed by atoms with Crippen LogP contribution in [-0.4, -0.2) is 51.0 Å². The van der Waals surface area contributed by atoms with Crippen LogP contribution >= 0.6 is 0 Å². The van der Waals surface area contributed by atoms with E-state index in [2.05, 4.69) is 10.3 Å². The second-order valence-corrected chi connectivity index (χ2v) is 4.58. The van der Waals surface area contributed by atoms with Crippen LogP contribution in [0.5, 0.6) is 0 Å². The van der Waals surface area contributed by atoms with E-state index in [9.17, 15) is 9.90 Å². The predicted molar refractivity (Wildman–Crippen MR) is 63.4 cm³/mol. The molecule has 0 aromatic carbocycles. The summed E-state index contributed by atoms with van der Waals surface area (Å²) in [5, 5.41) is 26.1. The zero-order chi connectivity index (χ0) is 13.7. The van der Waals surface area contributed by atoms with Crippen LogP contribution in [0.15, 0.2) is 0 Å². The summed E-state index contributed by atoms with van der Waals surface area (Å²) in [6.45, 7) is 4.31. The number of ether oxygens (including phenoxy) is 1. The maximum absolute atomic E-state index is 11.0. The fraction of sp³-hybridized carbons (Fsp3) is 0.727. The molecule has 1 atom stereocenters. The standard InChI is InChI=1S/C11H19N3O4/c1-7(2)4-9-10(11(16)17)12-13-14(9)5-8(15)6-18-3/h7-8,15H,4-6H2,1-3H3,(H,16,17). The molecule has 102 valence electrons. The van der Waals surface area contributed by atoms with Gasteiger partial charge in [-0.05, 0) is 12.3 Å². The number of carboxylic acid groups (broad SMARTS) is 1. The smallest absolute Gasteiger partial charge is 0.358 e. The molecule has 0 saturated carbocycles. The van der Waals surface area contributed by atoms with Gasteiger partial charge in [-0.25, -0.2) is 9.48 Å². The summed E-state index contributed by atoms with van der Waals surface area (Å²) in [7, 11) is 1.49. The summed E-state index contributed by atoms with van der Waals surface area (Å²) >= 11 is 0. The molecule has 1 unspecified atom stereocenters. The third kappa shape index (κ3) is 3.78. The Morgan fingerprint density at radius 2 is 2.17 bits per heavy atom. The molecule has 0 radical (unpaired) electrons. The van der Waals surface area contributed by atoms with E-state index in [1.807, 2.05) is 13.8 Å². The first-order valence-electron chi connectivity index (χ1n) is 5.78. The van der Waals surface area contributed by atoms with E-state index >= 15 is 0 Å². The molecule has 1 heterocycles. The maximum atomic E-state index is 11.0. The summed E-state index contributed by atoms with van der Waals surface area (Å²) in [4.78, 5) is 11.0. The molecule has 18 heavy (non-hydrogen) atoms. The molecular formula is C11H19N3O4. The van der Waals surface area contributed by atoms with Crippen molar-refractivity contribution in [3.05, 3.63) is 11.4 Å².